The van der Waals surface area contributed by atoms with Crippen molar-refractivity contribution in [2.24, 2.45) is 0 Å². The highest BCUT2D eigenvalue weighted by Gasteiger charge is 1.97. The molecule has 0 radical (unpaired) electrons. The molecule has 3 heteroatoms. The summed E-state index contributed by atoms with van der Waals surface area (Å²) in [6.45, 7) is 5.12. The monoisotopic (exact) mass is 196 g/mol. The van der Waals surface area contributed by atoms with Crippen molar-refractivity contribution in [3.63, 3.8) is 0 Å². The molecular formula is C11H20N2O. The molecule has 1 heterocycles. The molecular weight excluding hydrogens is 176 g/mol. The fraction of sp³-hybridized carbons (Fsp3) is 0.636. The summed E-state index contributed by atoms with van der Waals surface area (Å²) >= 11 is 0. The quantitative estimate of drug-likeness (QED) is 0.646. The fourth-order valence-corrected chi connectivity index (χ4v) is 1.35. The summed E-state index contributed by atoms with van der Waals surface area (Å²) in [6.07, 6.45) is 2.15. The molecule has 0 aliphatic heterocycles. The van der Waals surface area contributed by atoms with Crippen LogP contribution >= 0.6 is 0 Å². The minimum absolute atomic E-state index is 0.980. The van der Waals surface area contributed by atoms with E-state index in [0.717, 1.165) is 37.6 Å². The second-order valence-corrected chi connectivity index (χ2v) is 3.47. The van der Waals surface area contributed by atoms with Crippen molar-refractivity contribution >= 4 is 0 Å². The van der Waals surface area contributed by atoms with Gasteiger partial charge in [-0.2, -0.15) is 0 Å². The Morgan fingerprint density at radius 2 is 2.07 bits per heavy atom. The maximum absolute atomic E-state index is 5.46. The van der Waals surface area contributed by atoms with Crippen molar-refractivity contribution < 1.29 is 4.42 Å². The average molecular weight is 196 g/mol. The predicted octanol–water partition coefficient (Wildman–Crippen LogP) is 1.33. The Morgan fingerprint density at radius 1 is 1.21 bits per heavy atom. The third-order valence-corrected chi connectivity index (χ3v) is 2.12. The van der Waals surface area contributed by atoms with Gasteiger partial charge in [0.15, 0.2) is 0 Å². The summed E-state index contributed by atoms with van der Waals surface area (Å²) in [7, 11) is 1.98. The van der Waals surface area contributed by atoms with Crippen LogP contribution in [0, 0.1) is 6.92 Å². The normalized spacial score (nSPS) is 10.7. The van der Waals surface area contributed by atoms with Crippen LogP contribution in [0.4, 0.5) is 0 Å². The van der Waals surface area contributed by atoms with Crippen molar-refractivity contribution in [2.75, 3.05) is 26.7 Å². The van der Waals surface area contributed by atoms with Crippen molar-refractivity contribution in [1.29, 1.82) is 0 Å². The van der Waals surface area contributed by atoms with E-state index >= 15 is 0 Å². The molecule has 80 valence electrons. The van der Waals surface area contributed by atoms with E-state index in [0.29, 0.717) is 0 Å². The first-order chi connectivity index (χ1) is 6.83. The predicted molar refractivity (Wildman–Crippen MR) is 58.6 cm³/mol. The van der Waals surface area contributed by atoms with Gasteiger partial charge in [0, 0.05) is 13.0 Å². The molecule has 3 nitrogen and oxygen atoms in total. The van der Waals surface area contributed by atoms with Gasteiger partial charge >= 0.3 is 0 Å². The van der Waals surface area contributed by atoms with Gasteiger partial charge in [-0.05, 0) is 45.6 Å². The third-order valence-electron chi connectivity index (χ3n) is 2.12. The molecule has 1 aromatic heterocycles. The molecule has 0 aliphatic carbocycles. The van der Waals surface area contributed by atoms with E-state index in [1.807, 2.05) is 26.1 Å². The van der Waals surface area contributed by atoms with Gasteiger partial charge in [-0.15, -0.1) is 0 Å². The van der Waals surface area contributed by atoms with Crippen LogP contribution in [0.5, 0.6) is 0 Å². The molecule has 0 atom stereocenters. The zero-order chi connectivity index (χ0) is 10.2. The summed E-state index contributed by atoms with van der Waals surface area (Å²) < 4.78 is 5.46. The molecule has 0 aliphatic rings. The molecule has 1 aromatic rings. The molecule has 0 bridgehead atoms. The number of aryl methyl sites for hydroxylation is 1. The Morgan fingerprint density at radius 3 is 2.71 bits per heavy atom. The van der Waals surface area contributed by atoms with Crippen LogP contribution in [0.25, 0.3) is 0 Å². The molecule has 0 aromatic carbocycles. The Balaban J connectivity index is 1.99. The summed E-state index contributed by atoms with van der Waals surface area (Å²) in [4.78, 5) is 0. The second-order valence-electron chi connectivity index (χ2n) is 3.47. The van der Waals surface area contributed by atoms with Crippen LogP contribution in [0.15, 0.2) is 16.5 Å². The highest BCUT2D eigenvalue weighted by molar-refractivity contribution is 5.05. The number of hydrogen-bond donors (Lipinski definition) is 2. The highest BCUT2D eigenvalue weighted by atomic mass is 16.3. The molecule has 0 amide bonds. The Labute approximate surface area is 85.9 Å². The SMILES string of the molecule is CNCCCNCCc1ccc(C)o1. The highest BCUT2D eigenvalue weighted by Crippen LogP contribution is 2.05. The maximum atomic E-state index is 5.46. The molecule has 14 heavy (non-hydrogen) atoms. The van der Waals surface area contributed by atoms with Gasteiger partial charge in [0.2, 0.25) is 0 Å². The van der Waals surface area contributed by atoms with E-state index in [1.165, 1.54) is 6.42 Å². The van der Waals surface area contributed by atoms with Crippen molar-refractivity contribution in [1.82, 2.24) is 10.6 Å². The average Bonchev–Trinajstić information content (AvgIpc) is 2.58. The minimum atomic E-state index is 0.980. The first-order valence-electron chi connectivity index (χ1n) is 5.23. The summed E-state index contributed by atoms with van der Waals surface area (Å²) in [5, 5.41) is 6.50. The summed E-state index contributed by atoms with van der Waals surface area (Å²) in [6, 6.07) is 4.06. The third kappa shape index (κ3) is 4.44. The van der Waals surface area contributed by atoms with Gasteiger partial charge in [0.1, 0.15) is 11.5 Å². The first-order valence-corrected chi connectivity index (χ1v) is 5.23. The summed E-state index contributed by atoms with van der Waals surface area (Å²) in [5.41, 5.74) is 0. The van der Waals surface area contributed by atoms with Crippen LogP contribution in [0.3, 0.4) is 0 Å². The van der Waals surface area contributed by atoms with E-state index < -0.39 is 0 Å². The van der Waals surface area contributed by atoms with Crippen LogP contribution < -0.4 is 10.6 Å². The van der Waals surface area contributed by atoms with E-state index in [4.69, 9.17) is 4.42 Å². The number of rotatable bonds is 7. The van der Waals surface area contributed by atoms with E-state index in [9.17, 15) is 0 Å². The Hall–Kier alpha value is -0.800. The lowest BCUT2D eigenvalue weighted by atomic mass is 10.3. The maximum Gasteiger partial charge on any atom is 0.105 e. The van der Waals surface area contributed by atoms with Gasteiger partial charge in [0.05, 0.1) is 0 Å². The lowest BCUT2D eigenvalue weighted by Gasteiger charge is -2.02. The molecule has 0 saturated heterocycles. The fourth-order valence-electron chi connectivity index (χ4n) is 1.35. The number of hydrogen-bond acceptors (Lipinski definition) is 3. The van der Waals surface area contributed by atoms with Crippen LogP contribution in [0.1, 0.15) is 17.9 Å². The zero-order valence-corrected chi connectivity index (χ0v) is 9.10. The standard InChI is InChI=1S/C11H20N2O/c1-10-4-5-11(14-10)6-9-13-8-3-7-12-2/h4-5,12-13H,3,6-9H2,1-2H3. The smallest absolute Gasteiger partial charge is 0.105 e. The van der Waals surface area contributed by atoms with Crippen molar-refractivity contribution in [2.45, 2.75) is 19.8 Å². The van der Waals surface area contributed by atoms with Crippen molar-refractivity contribution in [3.8, 4) is 0 Å². The minimum Gasteiger partial charge on any atom is -0.466 e. The second kappa shape index (κ2) is 6.62. The topological polar surface area (TPSA) is 37.2 Å². The van der Waals surface area contributed by atoms with Gasteiger partial charge in [-0.3, -0.25) is 0 Å². The zero-order valence-electron chi connectivity index (χ0n) is 9.10. The molecule has 0 unspecified atom stereocenters. The van der Waals surface area contributed by atoms with Gasteiger partial charge in [-0.1, -0.05) is 0 Å². The van der Waals surface area contributed by atoms with Crippen molar-refractivity contribution in [3.05, 3.63) is 23.7 Å². The number of nitrogens with one attached hydrogen (secondary N) is 2. The lowest BCUT2D eigenvalue weighted by molar-refractivity contribution is 0.474. The summed E-state index contributed by atoms with van der Waals surface area (Å²) in [5.74, 6) is 2.07. The molecule has 0 saturated carbocycles. The van der Waals surface area contributed by atoms with Crippen LogP contribution in [-0.4, -0.2) is 26.7 Å². The van der Waals surface area contributed by atoms with E-state index in [1.54, 1.807) is 0 Å². The van der Waals surface area contributed by atoms with E-state index in [-0.39, 0.29) is 0 Å². The molecule has 1 rings (SSSR count). The van der Waals surface area contributed by atoms with Gasteiger partial charge in [-0.25, -0.2) is 0 Å². The first kappa shape index (κ1) is 11.3. The molecule has 2 N–H and O–H groups in total. The largest absolute Gasteiger partial charge is 0.466 e. The Kier molecular flexibility index (Phi) is 5.33. The van der Waals surface area contributed by atoms with E-state index in [2.05, 4.69) is 10.6 Å². The van der Waals surface area contributed by atoms with Crippen LogP contribution in [-0.2, 0) is 6.42 Å². The molecule has 0 fully saturated rings. The van der Waals surface area contributed by atoms with Crippen LogP contribution in [0.2, 0.25) is 0 Å². The Bertz CT molecular complexity index is 245. The van der Waals surface area contributed by atoms with Gasteiger partial charge < -0.3 is 15.1 Å². The lowest BCUT2D eigenvalue weighted by Crippen LogP contribution is -2.21. The molecule has 0 spiro atoms. The van der Waals surface area contributed by atoms with Gasteiger partial charge in [0.25, 0.3) is 0 Å². The number of furan rings is 1.